The largest absolute Gasteiger partial charge is 0.431 e. The van der Waals surface area contributed by atoms with E-state index in [2.05, 4.69) is 9.88 Å². The van der Waals surface area contributed by atoms with Gasteiger partial charge in [0.05, 0.1) is 0 Å². The first-order valence-electron chi connectivity index (χ1n) is 7.72. The van der Waals surface area contributed by atoms with E-state index < -0.39 is 0 Å². The Morgan fingerprint density at radius 3 is 2.81 bits per heavy atom. The molecule has 0 amide bonds. The van der Waals surface area contributed by atoms with E-state index in [-0.39, 0.29) is 0 Å². The van der Waals surface area contributed by atoms with Crippen molar-refractivity contribution < 1.29 is 4.42 Å². The summed E-state index contributed by atoms with van der Waals surface area (Å²) in [6.45, 7) is 3.73. The summed E-state index contributed by atoms with van der Waals surface area (Å²) in [5.41, 5.74) is 1.66. The predicted molar refractivity (Wildman–Crippen MR) is 89.3 cm³/mol. The number of likely N-dealkylation sites (tertiary alicyclic amines) is 1. The number of hydrogen-bond donors (Lipinski definition) is 0. The zero-order valence-corrected chi connectivity index (χ0v) is 13.8. The summed E-state index contributed by atoms with van der Waals surface area (Å²) in [6, 6.07) is 5.57. The van der Waals surface area contributed by atoms with Gasteiger partial charge in [0.25, 0.3) is 5.22 Å². The third kappa shape index (κ3) is 4.38. The van der Waals surface area contributed by atoms with Gasteiger partial charge in [-0.2, -0.15) is 0 Å². The molecule has 0 bridgehead atoms. The minimum Gasteiger partial charge on any atom is -0.431 e. The molecule has 0 spiro atoms. The highest BCUT2D eigenvalue weighted by molar-refractivity contribution is 7.99. The molecule has 0 saturated carbocycles. The minimum absolute atomic E-state index is 0.702. The number of benzene rings is 1. The maximum atomic E-state index is 5.96. The van der Waals surface area contributed by atoms with Crippen LogP contribution >= 0.6 is 23.4 Å². The highest BCUT2D eigenvalue weighted by Crippen LogP contribution is 2.26. The summed E-state index contributed by atoms with van der Waals surface area (Å²) in [5, 5.41) is 1.46. The summed E-state index contributed by atoms with van der Waals surface area (Å²) >= 11 is 7.66. The molecule has 1 aliphatic rings. The molecule has 0 N–H and O–H groups in total. The van der Waals surface area contributed by atoms with E-state index in [0.29, 0.717) is 5.02 Å². The molecule has 1 fully saturated rings. The van der Waals surface area contributed by atoms with Crippen LogP contribution in [0.25, 0.3) is 11.1 Å². The van der Waals surface area contributed by atoms with Crippen molar-refractivity contribution in [3.63, 3.8) is 0 Å². The van der Waals surface area contributed by atoms with Crippen LogP contribution in [-0.2, 0) is 0 Å². The van der Waals surface area contributed by atoms with Crippen molar-refractivity contribution in [1.29, 1.82) is 0 Å². The Labute approximate surface area is 135 Å². The molecule has 2 aromatic rings. The van der Waals surface area contributed by atoms with Gasteiger partial charge in [-0.25, -0.2) is 4.98 Å². The van der Waals surface area contributed by atoms with Gasteiger partial charge in [-0.15, -0.1) is 0 Å². The molecule has 0 aliphatic carbocycles. The van der Waals surface area contributed by atoms with Crippen LogP contribution in [0.4, 0.5) is 0 Å². The number of thioether (sulfide) groups is 1. The minimum atomic E-state index is 0.702. The van der Waals surface area contributed by atoms with Crippen LogP contribution in [0.3, 0.4) is 0 Å². The molecule has 0 atom stereocenters. The number of oxazole rings is 1. The molecule has 3 nitrogen and oxygen atoms in total. The lowest BCUT2D eigenvalue weighted by Crippen LogP contribution is -2.26. The Morgan fingerprint density at radius 2 is 2.00 bits per heavy atom. The molecular formula is C16H21ClN2OS. The van der Waals surface area contributed by atoms with Crippen LogP contribution in [0.5, 0.6) is 0 Å². The zero-order chi connectivity index (χ0) is 14.5. The monoisotopic (exact) mass is 324 g/mol. The van der Waals surface area contributed by atoms with Crippen molar-refractivity contribution in [2.24, 2.45) is 0 Å². The van der Waals surface area contributed by atoms with Gasteiger partial charge in [0, 0.05) is 10.8 Å². The van der Waals surface area contributed by atoms with Crippen LogP contribution in [-0.4, -0.2) is 35.3 Å². The molecule has 2 heterocycles. The highest BCUT2D eigenvalue weighted by atomic mass is 35.5. The third-order valence-corrected chi connectivity index (χ3v) is 5.02. The van der Waals surface area contributed by atoms with E-state index in [1.165, 1.54) is 51.7 Å². The molecule has 0 radical (unpaired) electrons. The molecular weight excluding hydrogens is 304 g/mol. The number of rotatable bonds is 5. The van der Waals surface area contributed by atoms with Gasteiger partial charge in [-0.1, -0.05) is 36.2 Å². The molecule has 0 unspecified atom stereocenters. The average Bonchev–Trinajstić information content (AvgIpc) is 2.69. The summed E-state index contributed by atoms with van der Waals surface area (Å²) in [7, 11) is 0. The van der Waals surface area contributed by atoms with E-state index >= 15 is 0 Å². The molecule has 1 aliphatic heterocycles. The molecule has 1 aromatic heterocycles. The van der Waals surface area contributed by atoms with Gasteiger partial charge in [0.2, 0.25) is 0 Å². The van der Waals surface area contributed by atoms with E-state index in [4.69, 9.17) is 16.0 Å². The first-order chi connectivity index (χ1) is 10.3. The fourth-order valence-corrected chi connectivity index (χ4v) is 3.67. The van der Waals surface area contributed by atoms with Crippen LogP contribution in [0.2, 0.25) is 5.02 Å². The smallest absolute Gasteiger partial charge is 0.256 e. The van der Waals surface area contributed by atoms with Crippen molar-refractivity contribution >= 4 is 34.5 Å². The number of aromatic nitrogens is 1. The first kappa shape index (κ1) is 15.2. The van der Waals surface area contributed by atoms with Crippen LogP contribution < -0.4 is 0 Å². The lowest BCUT2D eigenvalue weighted by atomic mass is 10.2. The lowest BCUT2D eigenvalue weighted by Gasteiger charge is -2.18. The summed E-state index contributed by atoms with van der Waals surface area (Å²) in [5.74, 6) is 1.05. The Hall–Kier alpha value is -0.710. The van der Waals surface area contributed by atoms with Crippen molar-refractivity contribution in [1.82, 2.24) is 9.88 Å². The maximum Gasteiger partial charge on any atom is 0.256 e. The van der Waals surface area contributed by atoms with E-state index in [1.807, 2.05) is 18.2 Å². The quantitative estimate of drug-likeness (QED) is 0.581. The second-order valence-corrected chi connectivity index (χ2v) is 7.03. The summed E-state index contributed by atoms with van der Waals surface area (Å²) in [6.07, 6.45) is 6.70. The van der Waals surface area contributed by atoms with Gasteiger partial charge in [0.15, 0.2) is 5.58 Å². The average molecular weight is 325 g/mol. The Kier molecular flexibility index (Phi) is 5.44. The lowest BCUT2D eigenvalue weighted by molar-refractivity contribution is 0.286. The zero-order valence-electron chi connectivity index (χ0n) is 12.2. The molecule has 114 valence electrons. The summed E-state index contributed by atoms with van der Waals surface area (Å²) < 4.78 is 5.71. The topological polar surface area (TPSA) is 29.3 Å². The molecule has 1 saturated heterocycles. The van der Waals surface area contributed by atoms with Crippen molar-refractivity contribution in [2.45, 2.75) is 37.3 Å². The van der Waals surface area contributed by atoms with Crippen molar-refractivity contribution in [3.8, 4) is 0 Å². The number of hydrogen-bond acceptors (Lipinski definition) is 4. The Morgan fingerprint density at radius 1 is 1.19 bits per heavy atom. The molecule has 21 heavy (non-hydrogen) atoms. The van der Waals surface area contributed by atoms with Gasteiger partial charge >= 0.3 is 0 Å². The predicted octanol–water partition coefficient (Wildman–Crippen LogP) is 4.84. The number of fused-ring (bicyclic) bond motifs is 1. The highest BCUT2D eigenvalue weighted by Gasteiger charge is 2.10. The van der Waals surface area contributed by atoms with E-state index in [9.17, 15) is 0 Å². The van der Waals surface area contributed by atoms with Gasteiger partial charge < -0.3 is 9.32 Å². The van der Waals surface area contributed by atoms with Gasteiger partial charge in [-0.3, -0.25) is 0 Å². The molecule has 3 rings (SSSR count). The Balaban J connectivity index is 1.45. The van der Waals surface area contributed by atoms with E-state index in [1.54, 1.807) is 11.8 Å². The molecule has 1 aromatic carbocycles. The number of nitrogens with zero attached hydrogens (tertiary/aromatic N) is 2. The molecule has 5 heteroatoms. The van der Waals surface area contributed by atoms with Gasteiger partial charge in [0.1, 0.15) is 5.52 Å². The normalized spacial score (nSPS) is 17.2. The van der Waals surface area contributed by atoms with Crippen LogP contribution in [0, 0.1) is 0 Å². The van der Waals surface area contributed by atoms with Crippen molar-refractivity contribution in [3.05, 3.63) is 23.2 Å². The maximum absolute atomic E-state index is 5.96. The first-order valence-corrected chi connectivity index (χ1v) is 9.09. The Bertz CT molecular complexity index is 579. The van der Waals surface area contributed by atoms with Gasteiger partial charge in [-0.05, 0) is 57.1 Å². The van der Waals surface area contributed by atoms with Crippen molar-refractivity contribution in [2.75, 3.05) is 25.4 Å². The fraction of sp³-hybridized carbons (Fsp3) is 0.562. The second kappa shape index (κ2) is 7.52. The number of halogens is 1. The van der Waals surface area contributed by atoms with E-state index in [0.717, 1.165) is 22.1 Å². The standard InChI is InChI=1S/C16H21ClN2OS/c17-13-6-7-15-14(12-13)18-16(20-15)21-11-5-10-19-8-3-1-2-4-9-19/h6-7,12H,1-5,8-11H2. The van der Waals surface area contributed by atoms with Crippen LogP contribution in [0.15, 0.2) is 27.8 Å². The fourth-order valence-electron chi connectivity index (χ4n) is 2.75. The SMILES string of the molecule is Clc1ccc2oc(SCCCN3CCCCCC3)nc2c1. The second-order valence-electron chi connectivity index (χ2n) is 5.55. The van der Waals surface area contributed by atoms with Crippen LogP contribution in [0.1, 0.15) is 32.1 Å². The summed E-state index contributed by atoms with van der Waals surface area (Å²) in [4.78, 5) is 7.07. The third-order valence-electron chi connectivity index (χ3n) is 3.87.